The van der Waals surface area contributed by atoms with Crippen molar-refractivity contribution < 1.29 is 19.4 Å². The van der Waals surface area contributed by atoms with Crippen molar-refractivity contribution in [1.29, 1.82) is 0 Å². The van der Waals surface area contributed by atoms with Crippen molar-refractivity contribution >= 4 is 17.5 Å². The van der Waals surface area contributed by atoms with E-state index in [-0.39, 0.29) is 24.2 Å². The lowest BCUT2D eigenvalue weighted by molar-refractivity contribution is -0.138. The van der Waals surface area contributed by atoms with Gasteiger partial charge in [-0.25, -0.2) is 4.39 Å². The quantitative estimate of drug-likeness (QED) is 0.734. The third kappa shape index (κ3) is 4.30. The van der Waals surface area contributed by atoms with Crippen LogP contribution in [0.4, 0.5) is 4.39 Å². The Balaban J connectivity index is 2.39. The highest BCUT2D eigenvalue weighted by molar-refractivity contribution is 6.31. The second-order valence-corrected chi connectivity index (χ2v) is 7.29. The van der Waals surface area contributed by atoms with Crippen molar-refractivity contribution in [2.75, 3.05) is 0 Å². The zero-order chi connectivity index (χ0) is 18.8. The van der Waals surface area contributed by atoms with Crippen LogP contribution in [0.1, 0.15) is 31.4 Å². The Morgan fingerprint density at radius 2 is 1.88 bits per heavy atom. The van der Waals surface area contributed by atoms with Gasteiger partial charge in [-0.15, -0.1) is 0 Å². The van der Waals surface area contributed by atoms with Crippen LogP contribution in [0.25, 0.3) is 0 Å². The SMILES string of the molecule is CC(C)(CC(O)(Cc1ccccc1Cl)C(N)=O)c1cc(F)ccc1O. The van der Waals surface area contributed by atoms with Gasteiger partial charge in [0.25, 0.3) is 0 Å². The maximum atomic E-state index is 13.6. The molecule has 1 atom stereocenters. The van der Waals surface area contributed by atoms with Crippen molar-refractivity contribution in [1.82, 2.24) is 0 Å². The average Bonchev–Trinajstić information content (AvgIpc) is 2.51. The van der Waals surface area contributed by atoms with Crippen LogP contribution in [0.3, 0.4) is 0 Å². The highest BCUT2D eigenvalue weighted by Crippen LogP contribution is 2.39. The largest absolute Gasteiger partial charge is 0.508 e. The predicted molar refractivity (Wildman–Crippen MR) is 95.0 cm³/mol. The highest BCUT2D eigenvalue weighted by Gasteiger charge is 2.41. The number of benzene rings is 2. The molecule has 0 saturated heterocycles. The summed E-state index contributed by atoms with van der Waals surface area (Å²) in [6, 6.07) is 10.4. The number of carbonyl (C=O) groups excluding carboxylic acids is 1. The topological polar surface area (TPSA) is 83.5 Å². The van der Waals surface area contributed by atoms with Gasteiger partial charge in [-0.05, 0) is 41.7 Å². The predicted octanol–water partition coefficient (Wildman–Crippen LogP) is 3.31. The second kappa shape index (κ2) is 7.02. The number of rotatable bonds is 6. The lowest BCUT2D eigenvalue weighted by atomic mass is 9.73. The van der Waals surface area contributed by atoms with E-state index < -0.39 is 22.7 Å². The number of amides is 1. The monoisotopic (exact) mass is 365 g/mol. The van der Waals surface area contributed by atoms with Crippen LogP contribution in [-0.4, -0.2) is 21.7 Å². The van der Waals surface area contributed by atoms with Gasteiger partial charge < -0.3 is 15.9 Å². The van der Waals surface area contributed by atoms with Crippen molar-refractivity contribution in [2.45, 2.75) is 37.7 Å². The van der Waals surface area contributed by atoms with Gasteiger partial charge in [-0.1, -0.05) is 43.6 Å². The molecule has 0 aliphatic carbocycles. The van der Waals surface area contributed by atoms with Crippen molar-refractivity contribution in [2.24, 2.45) is 5.73 Å². The van der Waals surface area contributed by atoms with Crippen molar-refractivity contribution in [3.05, 3.63) is 64.4 Å². The third-order valence-corrected chi connectivity index (χ3v) is 4.69. The summed E-state index contributed by atoms with van der Waals surface area (Å²) in [6.45, 7) is 3.39. The van der Waals surface area contributed by atoms with Gasteiger partial charge in [-0.2, -0.15) is 0 Å². The summed E-state index contributed by atoms with van der Waals surface area (Å²) in [6.07, 6.45) is -0.195. The maximum absolute atomic E-state index is 13.6. The molecule has 0 heterocycles. The molecule has 6 heteroatoms. The van der Waals surface area contributed by atoms with Crippen molar-refractivity contribution in [3.8, 4) is 5.75 Å². The Labute approximate surface area is 151 Å². The van der Waals surface area contributed by atoms with Crippen LogP contribution in [0.5, 0.6) is 5.75 Å². The molecular formula is C19H21ClFNO3. The standard InChI is InChI=1S/C19H21ClFNO3/c1-18(2,14-9-13(21)7-8-16(14)23)11-19(25,17(22)24)10-12-5-3-4-6-15(12)20/h3-9,23,25H,10-11H2,1-2H3,(H2,22,24). The average molecular weight is 366 g/mol. The molecule has 2 rings (SSSR count). The molecule has 0 aliphatic rings. The van der Waals surface area contributed by atoms with Crippen LogP contribution in [0, 0.1) is 5.82 Å². The van der Waals surface area contributed by atoms with Crippen LogP contribution < -0.4 is 5.73 Å². The van der Waals surface area contributed by atoms with Gasteiger partial charge >= 0.3 is 0 Å². The van der Waals surface area contributed by atoms with Gasteiger partial charge in [0.2, 0.25) is 5.91 Å². The highest BCUT2D eigenvalue weighted by atomic mass is 35.5. The number of hydrogen-bond donors (Lipinski definition) is 3. The lowest BCUT2D eigenvalue weighted by Gasteiger charge is -2.35. The molecule has 0 spiro atoms. The number of halogens is 2. The molecule has 1 amide bonds. The van der Waals surface area contributed by atoms with E-state index in [1.54, 1.807) is 38.1 Å². The molecule has 0 radical (unpaired) electrons. The van der Waals surface area contributed by atoms with E-state index in [1.165, 1.54) is 12.1 Å². The van der Waals surface area contributed by atoms with E-state index in [0.717, 1.165) is 6.07 Å². The summed E-state index contributed by atoms with van der Waals surface area (Å²) in [5.74, 6) is -1.54. The Hall–Kier alpha value is -2.11. The van der Waals surface area contributed by atoms with E-state index in [4.69, 9.17) is 17.3 Å². The maximum Gasteiger partial charge on any atom is 0.249 e. The fraction of sp³-hybridized carbons (Fsp3) is 0.316. The number of phenols is 1. The van der Waals surface area contributed by atoms with Crippen LogP contribution in [0.2, 0.25) is 5.02 Å². The molecule has 134 valence electrons. The van der Waals surface area contributed by atoms with Crippen LogP contribution in [0.15, 0.2) is 42.5 Å². The molecule has 0 aromatic heterocycles. The number of phenolic OH excluding ortho intramolecular Hbond substituents is 1. The first-order valence-electron chi connectivity index (χ1n) is 7.80. The van der Waals surface area contributed by atoms with E-state index in [1.807, 2.05) is 0 Å². The summed E-state index contributed by atoms with van der Waals surface area (Å²) < 4.78 is 13.6. The molecule has 25 heavy (non-hydrogen) atoms. The summed E-state index contributed by atoms with van der Waals surface area (Å²) in [4.78, 5) is 12.0. The molecule has 2 aromatic rings. The van der Waals surface area contributed by atoms with E-state index in [0.29, 0.717) is 10.6 Å². The lowest BCUT2D eigenvalue weighted by Crippen LogP contribution is -2.49. The summed E-state index contributed by atoms with van der Waals surface area (Å²) >= 11 is 6.12. The normalized spacial score (nSPS) is 14.1. The minimum Gasteiger partial charge on any atom is -0.508 e. The first kappa shape index (κ1) is 19.2. The molecule has 4 N–H and O–H groups in total. The number of carbonyl (C=O) groups is 1. The summed E-state index contributed by atoms with van der Waals surface area (Å²) in [5.41, 5.74) is 3.48. The number of aromatic hydroxyl groups is 1. The van der Waals surface area contributed by atoms with Crippen LogP contribution >= 0.6 is 11.6 Å². The number of nitrogens with two attached hydrogens (primary N) is 1. The molecule has 0 fully saturated rings. The van der Waals surface area contributed by atoms with Gasteiger partial charge in [0.15, 0.2) is 0 Å². The molecule has 0 bridgehead atoms. The minimum absolute atomic E-state index is 0.0818. The first-order valence-corrected chi connectivity index (χ1v) is 8.18. The molecule has 0 aliphatic heterocycles. The zero-order valence-corrected chi connectivity index (χ0v) is 14.8. The van der Waals surface area contributed by atoms with E-state index in [9.17, 15) is 19.4 Å². The van der Waals surface area contributed by atoms with Gasteiger partial charge in [0, 0.05) is 17.0 Å². The van der Waals surface area contributed by atoms with Crippen LogP contribution in [-0.2, 0) is 16.6 Å². The molecule has 2 aromatic carbocycles. The van der Waals surface area contributed by atoms with Crippen molar-refractivity contribution in [3.63, 3.8) is 0 Å². The Bertz CT molecular complexity index is 794. The summed E-state index contributed by atoms with van der Waals surface area (Å²) in [5, 5.41) is 21.4. The fourth-order valence-corrected chi connectivity index (χ4v) is 3.27. The Morgan fingerprint density at radius 1 is 1.24 bits per heavy atom. The van der Waals surface area contributed by atoms with Gasteiger partial charge in [-0.3, -0.25) is 4.79 Å². The summed E-state index contributed by atoms with van der Waals surface area (Å²) in [7, 11) is 0. The van der Waals surface area contributed by atoms with E-state index in [2.05, 4.69) is 0 Å². The van der Waals surface area contributed by atoms with E-state index >= 15 is 0 Å². The number of primary amides is 1. The molecule has 0 saturated carbocycles. The van der Waals surface area contributed by atoms with Gasteiger partial charge in [0.1, 0.15) is 17.2 Å². The number of aliphatic hydroxyl groups is 1. The number of hydrogen-bond acceptors (Lipinski definition) is 3. The van der Waals surface area contributed by atoms with Gasteiger partial charge in [0.05, 0.1) is 0 Å². The second-order valence-electron chi connectivity index (χ2n) is 6.89. The smallest absolute Gasteiger partial charge is 0.249 e. The molecule has 4 nitrogen and oxygen atoms in total. The minimum atomic E-state index is -1.91. The molecular weight excluding hydrogens is 345 g/mol. The first-order chi connectivity index (χ1) is 11.5. The molecule has 1 unspecified atom stereocenters. The fourth-order valence-electron chi connectivity index (χ4n) is 3.07. The zero-order valence-electron chi connectivity index (χ0n) is 14.1. The Kier molecular flexibility index (Phi) is 5.40. The Morgan fingerprint density at radius 3 is 2.48 bits per heavy atom. The third-order valence-electron chi connectivity index (χ3n) is 4.32.